The number of nitrogens with one attached hydrogen (secondary N) is 1. The highest BCUT2D eigenvalue weighted by atomic mass is 16.2. The van der Waals surface area contributed by atoms with Crippen molar-refractivity contribution in [3.8, 4) is 0 Å². The normalized spacial score (nSPS) is 18.6. The van der Waals surface area contributed by atoms with Gasteiger partial charge in [-0.15, -0.1) is 10.2 Å². The summed E-state index contributed by atoms with van der Waals surface area (Å²) >= 11 is 0. The number of hydrogen-bond donors (Lipinski definition) is 1. The van der Waals surface area contributed by atoms with Crippen molar-refractivity contribution in [2.24, 2.45) is 0 Å². The minimum absolute atomic E-state index is 0.205. The second-order valence-electron chi connectivity index (χ2n) is 5.33. The zero-order chi connectivity index (χ0) is 13.1. The van der Waals surface area contributed by atoms with E-state index in [0.29, 0.717) is 13.1 Å². The lowest BCUT2D eigenvalue weighted by atomic mass is 10.2. The van der Waals surface area contributed by atoms with Gasteiger partial charge in [0.2, 0.25) is 5.91 Å². The Balaban J connectivity index is 1.49. The Labute approximate surface area is 113 Å². The molecule has 0 atom stereocenters. The van der Waals surface area contributed by atoms with Crippen molar-refractivity contribution in [3.05, 3.63) is 11.6 Å². The van der Waals surface area contributed by atoms with Crippen LogP contribution in [0.2, 0.25) is 0 Å². The van der Waals surface area contributed by atoms with Crippen LogP contribution >= 0.6 is 0 Å². The number of aromatic nitrogens is 3. The van der Waals surface area contributed by atoms with Crippen LogP contribution in [0.5, 0.6) is 0 Å². The number of carbonyl (C=O) groups is 1. The number of aryl methyl sites for hydroxylation is 1. The molecule has 2 aliphatic heterocycles. The van der Waals surface area contributed by atoms with Gasteiger partial charge in [0.15, 0.2) is 0 Å². The van der Waals surface area contributed by atoms with Crippen molar-refractivity contribution in [3.63, 3.8) is 0 Å². The van der Waals surface area contributed by atoms with Crippen LogP contribution in [0.3, 0.4) is 0 Å². The van der Waals surface area contributed by atoms with Crippen LogP contribution in [-0.4, -0.2) is 45.2 Å². The average molecular weight is 263 g/mol. The van der Waals surface area contributed by atoms with E-state index in [1.807, 2.05) is 4.90 Å². The van der Waals surface area contributed by atoms with Crippen LogP contribution in [0, 0.1) is 0 Å². The highest BCUT2D eigenvalue weighted by molar-refractivity contribution is 5.78. The van der Waals surface area contributed by atoms with Gasteiger partial charge < -0.3 is 14.8 Å². The molecule has 1 saturated heterocycles. The van der Waals surface area contributed by atoms with Crippen LogP contribution in [-0.2, 0) is 24.3 Å². The maximum Gasteiger partial charge on any atom is 0.236 e. The van der Waals surface area contributed by atoms with Gasteiger partial charge in [0.1, 0.15) is 11.6 Å². The molecule has 3 heterocycles. The fraction of sp³-hybridized carbons (Fsp3) is 0.769. The average Bonchev–Trinajstić information content (AvgIpc) is 3.08. The molecule has 104 valence electrons. The van der Waals surface area contributed by atoms with Crippen molar-refractivity contribution in [2.75, 3.05) is 19.6 Å². The zero-order valence-corrected chi connectivity index (χ0v) is 11.3. The first-order valence-corrected chi connectivity index (χ1v) is 7.24. The fourth-order valence-electron chi connectivity index (χ4n) is 2.86. The standard InChI is InChI=1S/C13H21N5O/c19-13(17-6-3-4-7-17)10-14-9-12-16-15-11-5-1-2-8-18(11)12/h14H,1-10H2. The summed E-state index contributed by atoms with van der Waals surface area (Å²) in [6.45, 7) is 3.88. The number of likely N-dealkylation sites (tertiary alicyclic amines) is 1. The zero-order valence-electron chi connectivity index (χ0n) is 11.3. The molecular weight excluding hydrogens is 242 g/mol. The van der Waals surface area contributed by atoms with E-state index in [1.54, 1.807) is 0 Å². The Hall–Kier alpha value is -1.43. The minimum Gasteiger partial charge on any atom is -0.342 e. The van der Waals surface area contributed by atoms with Gasteiger partial charge in [-0.05, 0) is 25.7 Å². The summed E-state index contributed by atoms with van der Waals surface area (Å²) in [5.41, 5.74) is 0. The molecule has 0 saturated carbocycles. The molecule has 0 aromatic carbocycles. The van der Waals surface area contributed by atoms with Gasteiger partial charge in [-0.3, -0.25) is 4.79 Å². The lowest BCUT2D eigenvalue weighted by Gasteiger charge is -2.16. The Morgan fingerprint density at radius 2 is 1.89 bits per heavy atom. The van der Waals surface area contributed by atoms with E-state index in [1.165, 1.54) is 12.8 Å². The van der Waals surface area contributed by atoms with Crippen molar-refractivity contribution in [1.82, 2.24) is 25.0 Å². The van der Waals surface area contributed by atoms with Crippen LogP contribution in [0.15, 0.2) is 0 Å². The van der Waals surface area contributed by atoms with Gasteiger partial charge in [0.25, 0.3) is 0 Å². The van der Waals surface area contributed by atoms with E-state index < -0.39 is 0 Å². The minimum atomic E-state index is 0.205. The maximum atomic E-state index is 11.9. The second-order valence-corrected chi connectivity index (χ2v) is 5.33. The van der Waals surface area contributed by atoms with Gasteiger partial charge in [-0.2, -0.15) is 0 Å². The molecular formula is C13H21N5O. The van der Waals surface area contributed by atoms with E-state index in [-0.39, 0.29) is 5.91 Å². The number of hydrogen-bond acceptors (Lipinski definition) is 4. The molecule has 6 nitrogen and oxygen atoms in total. The van der Waals surface area contributed by atoms with Crippen molar-refractivity contribution in [2.45, 2.75) is 45.2 Å². The SMILES string of the molecule is O=C(CNCc1nnc2n1CCCC2)N1CCCC1. The molecule has 2 aliphatic rings. The highest BCUT2D eigenvalue weighted by Crippen LogP contribution is 2.14. The Kier molecular flexibility index (Phi) is 3.77. The quantitative estimate of drug-likeness (QED) is 0.850. The summed E-state index contributed by atoms with van der Waals surface area (Å²) in [6, 6.07) is 0. The maximum absolute atomic E-state index is 11.9. The number of carbonyl (C=O) groups excluding carboxylic acids is 1. The molecule has 0 spiro atoms. The van der Waals surface area contributed by atoms with E-state index in [4.69, 9.17) is 0 Å². The van der Waals surface area contributed by atoms with Crippen molar-refractivity contribution in [1.29, 1.82) is 0 Å². The number of nitrogens with zero attached hydrogens (tertiary/aromatic N) is 4. The molecule has 0 radical (unpaired) electrons. The van der Waals surface area contributed by atoms with Gasteiger partial charge in [-0.25, -0.2) is 0 Å². The first-order chi connectivity index (χ1) is 9.34. The topological polar surface area (TPSA) is 63.1 Å². The predicted molar refractivity (Wildman–Crippen MR) is 70.5 cm³/mol. The molecule has 0 bridgehead atoms. The summed E-state index contributed by atoms with van der Waals surface area (Å²) in [6.07, 6.45) is 5.72. The molecule has 19 heavy (non-hydrogen) atoms. The van der Waals surface area contributed by atoms with E-state index in [9.17, 15) is 4.79 Å². The summed E-state index contributed by atoms with van der Waals surface area (Å²) in [7, 11) is 0. The summed E-state index contributed by atoms with van der Waals surface area (Å²) < 4.78 is 2.19. The lowest BCUT2D eigenvalue weighted by molar-refractivity contribution is -0.129. The Bertz CT molecular complexity index is 450. The molecule has 0 aliphatic carbocycles. The van der Waals surface area contributed by atoms with Crippen molar-refractivity contribution < 1.29 is 4.79 Å². The predicted octanol–water partition coefficient (Wildman–Crippen LogP) is 0.326. The van der Waals surface area contributed by atoms with Gasteiger partial charge in [0, 0.05) is 26.1 Å². The van der Waals surface area contributed by atoms with Crippen LogP contribution < -0.4 is 5.32 Å². The van der Waals surface area contributed by atoms with E-state index in [0.717, 1.165) is 50.5 Å². The monoisotopic (exact) mass is 263 g/mol. The molecule has 6 heteroatoms. The van der Waals surface area contributed by atoms with E-state index >= 15 is 0 Å². The molecule has 0 unspecified atom stereocenters. The number of amides is 1. The summed E-state index contributed by atoms with van der Waals surface area (Å²) in [5, 5.41) is 11.6. The Morgan fingerprint density at radius 3 is 2.74 bits per heavy atom. The molecule has 1 amide bonds. The molecule has 1 aromatic rings. The van der Waals surface area contributed by atoms with Crippen LogP contribution in [0.25, 0.3) is 0 Å². The summed E-state index contributed by atoms with van der Waals surface area (Å²) in [5.74, 6) is 2.26. The highest BCUT2D eigenvalue weighted by Gasteiger charge is 2.18. The third-order valence-electron chi connectivity index (χ3n) is 3.95. The van der Waals surface area contributed by atoms with Crippen LogP contribution in [0.1, 0.15) is 37.3 Å². The first kappa shape index (κ1) is 12.6. The first-order valence-electron chi connectivity index (χ1n) is 7.24. The third kappa shape index (κ3) is 2.78. The number of fused-ring (bicyclic) bond motifs is 1. The fourth-order valence-corrected chi connectivity index (χ4v) is 2.86. The molecule has 1 fully saturated rings. The smallest absolute Gasteiger partial charge is 0.236 e. The lowest BCUT2D eigenvalue weighted by Crippen LogP contribution is -2.36. The van der Waals surface area contributed by atoms with Gasteiger partial charge >= 0.3 is 0 Å². The molecule has 1 N–H and O–H groups in total. The molecule has 1 aromatic heterocycles. The largest absolute Gasteiger partial charge is 0.342 e. The number of rotatable bonds is 4. The van der Waals surface area contributed by atoms with Gasteiger partial charge in [0.05, 0.1) is 13.1 Å². The summed E-state index contributed by atoms with van der Waals surface area (Å²) in [4.78, 5) is 13.8. The van der Waals surface area contributed by atoms with Crippen LogP contribution in [0.4, 0.5) is 0 Å². The van der Waals surface area contributed by atoms with Gasteiger partial charge in [-0.1, -0.05) is 0 Å². The molecule has 3 rings (SSSR count). The third-order valence-corrected chi connectivity index (χ3v) is 3.95. The Morgan fingerprint density at radius 1 is 1.11 bits per heavy atom. The van der Waals surface area contributed by atoms with E-state index in [2.05, 4.69) is 20.1 Å². The second kappa shape index (κ2) is 5.69. The van der Waals surface area contributed by atoms with Crippen molar-refractivity contribution >= 4 is 5.91 Å².